The molecule has 3 atom stereocenters. The van der Waals surface area contributed by atoms with Crippen LogP contribution in [0.2, 0.25) is 0 Å². The molecule has 3 amide bonds. The van der Waals surface area contributed by atoms with Crippen molar-refractivity contribution in [2.75, 3.05) is 13.7 Å². The average molecular weight is 681 g/mol. The molecule has 0 bridgehead atoms. The van der Waals surface area contributed by atoms with Gasteiger partial charge >= 0.3 is 5.92 Å². The van der Waals surface area contributed by atoms with Crippen LogP contribution in [0.1, 0.15) is 44.4 Å². The van der Waals surface area contributed by atoms with Crippen LogP contribution < -0.4 is 20.5 Å². The zero-order valence-electron chi connectivity index (χ0n) is 28.4. The predicted octanol–water partition coefficient (Wildman–Crippen LogP) is 4.15. The van der Waals surface area contributed by atoms with Gasteiger partial charge in [0.25, 0.3) is 5.91 Å². The molecule has 3 aromatic carbocycles. The quantitative estimate of drug-likeness (QED) is 0.193. The van der Waals surface area contributed by atoms with Crippen molar-refractivity contribution in [3.05, 3.63) is 102 Å². The normalized spacial score (nSPS) is 13.3. The highest BCUT2D eigenvalue weighted by Gasteiger charge is 2.51. The van der Waals surface area contributed by atoms with Gasteiger partial charge in [-0.25, -0.2) is 0 Å². The summed E-state index contributed by atoms with van der Waals surface area (Å²) >= 11 is 0. The molecule has 0 heterocycles. The third-order valence-corrected chi connectivity index (χ3v) is 7.97. The van der Waals surface area contributed by atoms with E-state index in [9.17, 15) is 24.3 Å². The van der Waals surface area contributed by atoms with E-state index in [0.29, 0.717) is 16.9 Å². The molecule has 0 saturated heterocycles. The summed E-state index contributed by atoms with van der Waals surface area (Å²) in [6.45, 7) is 6.56. The molecule has 3 rings (SSSR count). The number of carbonyl (C=O) groups excluding carboxylic acids is 4. The van der Waals surface area contributed by atoms with E-state index >= 15 is 8.78 Å². The lowest BCUT2D eigenvalue weighted by Crippen LogP contribution is -2.61. The monoisotopic (exact) mass is 680 g/mol. The second kappa shape index (κ2) is 18.1. The highest BCUT2D eigenvalue weighted by atomic mass is 19.3. The Morgan fingerprint density at radius 1 is 0.796 bits per heavy atom. The number of rotatable bonds is 18. The summed E-state index contributed by atoms with van der Waals surface area (Å²) < 4.78 is 42.1. The number of carbonyl (C=O) groups is 4. The topological polar surface area (TPSA) is 137 Å². The Morgan fingerprint density at radius 2 is 1.37 bits per heavy atom. The van der Waals surface area contributed by atoms with Gasteiger partial charge in [-0.3, -0.25) is 14.4 Å². The van der Waals surface area contributed by atoms with Crippen LogP contribution in [0.25, 0.3) is 0 Å². The summed E-state index contributed by atoms with van der Waals surface area (Å²) in [7, 11) is 1.35. The van der Waals surface area contributed by atoms with Crippen LogP contribution in [0.3, 0.4) is 0 Å². The fourth-order valence-corrected chi connectivity index (χ4v) is 5.20. The van der Waals surface area contributed by atoms with E-state index in [0.717, 1.165) is 10.5 Å². The highest BCUT2D eigenvalue weighted by molar-refractivity contribution is 6.10. The Balaban J connectivity index is 1.91. The maximum atomic E-state index is 15.6. The van der Waals surface area contributed by atoms with Crippen LogP contribution in [-0.4, -0.2) is 66.4 Å². The first-order valence-corrected chi connectivity index (χ1v) is 16.0. The van der Waals surface area contributed by atoms with Gasteiger partial charge in [0.1, 0.15) is 24.5 Å². The molecule has 49 heavy (non-hydrogen) atoms. The lowest BCUT2D eigenvalue weighted by molar-refractivity contribution is -0.269. The Hall–Kier alpha value is -4.84. The molecule has 0 radical (unpaired) electrons. The average Bonchev–Trinajstić information content (AvgIpc) is 3.07. The van der Waals surface area contributed by atoms with Crippen molar-refractivity contribution in [2.45, 2.75) is 71.3 Å². The second-order valence-electron chi connectivity index (χ2n) is 12.5. The zero-order chi connectivity index (χ0) is 36.1. The summed E-state index contributed by atoms with van der Waals surface area (Å²) in [6.07, 6.45) is -2.08. The van der Waals surface area contributed by atoms with Gasteiger partial charge in [0.05, 0.1) is 18.7 Å². The van der Waals surface area contributed by atoms with Crippen LogP contribution in [0.4, 0.5) is 13.6 Å². The van der Waals surface area contributed by atoms with Gasteiger partial charge in [0, 0.05) is 20.1 Å². The molecule has 2 N–H and O–H groups in total. The molecule has 0 aliphatic heterocycles. The van der Waals surface area contributed by atoms with Crippen molar-refractivity contribution >= 4 is 23.7 Å². The summed E-state index contributed by atoms with van der Waals surface area (Å²) in [4.78, 5) is 53.2. The van der Waals surface area contributed by atoms with Crippen molar-refractivity contribution < 1.29 is 42.5 Å². The van der Waals surface area contributed by atoms with Crippen molar-refractivity contribution in [1.29, 1.82) is 0 Å². The number of halogens is 2. The van der Waals surface area contributed by atoms with Gasteiger partial charge in [-0.05, 0) is 40.7 Å². The van der Waals surface area contributed by atoms with Gasteiger partial charge in [-0.15, -0.1) is 0 Å². The van der Waals surface area contributed by atoms with Crippen molar-refractivity contribution in [1.82, 2.24) is 15.5 Å². The third-order valence-electron chi connectivity index (χ3n) is 7.97. The summed E-state index contributed by atoms with van der Waals surface area (Å²) in [5.74, 6) is -9.70. The second-order valence-corrected chi connectivity index (χ2v) is 12.5. The number of Topliss-reactive ketones (excluding diaryl/α,β-unsaturated/α-hetero) is 1. The molecule has 0 aliphatic rings. The van der Waals surface area contributed by atoms with Gasteiger partial charge in [0.2, 0.25) is 11.7 Å². The standard InChI is InChI=1S/C37H45F2N3O7/c1-24(2)31(23-48-5)41-35(45)37(38,39)33(43)30(20-26-16-18-29(19-17-26)49-22-28-14-10-7-11-15-28)40-34(44)32(25(3)4)42(36(46)47)21-27-12-8-6-9-13-27/h6-19,24-25,30-32H,20-23H2,1-5H3,(H,40,44)(H,41,45)(H,46,47)/p-1/t30-,31-,32-/m0/s1. The Kier molecular flexibility index (Phi) is 14.2. The largest absolute Gasteiger partial charge is 0.530 e. The minimum Gasteiger partial charge on any atom is -0.530 e. The van der Waals surface area contributed by atoms with Crippen LogP contribution in [0, 0.1) is 11.8 Å². The molecule has 10 nitrogen and oxygen atoms in total. The van der Waals surface area contributed by atoms with Gasteiger partial charge < -0.3 is 34.9 Å². The number of carboxylic acid groups (broad SMARTS) is 1. The first kappa shape index (κ1) is 38.6. The Labute approximate surface area is 285 Å². The number of ether oxygens (including phenoxy) is 2. The molecule has 0 aromatic heterocycles. The molecule has 3 aromatic rings. The van der Waals surface area contributed by atoms with E-state index < -0.39 is 60.1 Å². The lowest BCUT2D eigenvalue weighted by Gasteiger charge is -2.36. The maximum Gasteiger partial charge on any atom is 0.383 e. The first-order valence-electron chi connectivity index (χ1n) is 16.0. The lowest BCUT2D eigenvalue weighted by atomic mass is 9.95. The number of hydrogen-bond acceptors (Lipinski definition) is 7. The molecular weight excluding hydrogens is 636 g/mol. The number of ketones is 1. The molecule has 0 fully saturated rings. The summed E-state index contributed by atoms with van der Waals surface area (Å²) in [6, 6.07) is 20.1. The number of methoxy groups -OCH3 is 1. The summed E-state index contributed by atoms with van der Waals surface area (Å²) in [5, 5.41) is 16.8. The maximum absolute atomic E-state index is 15.6. The highest BCUT2D eigenvalue weighted by Crippen LogP contribution is 2.23. The molecule has 0 unspecified atom stereocenters. The van der Waals surface area contributed by atoms with Crippen LogP contribution in [0.15, 0.2) is 84.9 Å². The number of benzene rings is 3. The number of hydrogen-bond donors (Lipinski definition) is 2. The molecule has 0 spiro atoms. The van der Waals surface area contributed by atoms with E-state index in [2.05, 4.69) is 10.6 Å². The minimum absolute atomic E-state index is 0.0664. The van der Waals surface area contributed by atoms with Gasteiger partial charge in [-0.1, -0.05) is 100 Å². The number of alkyl halides is 2. The van der Waals surface area contributed by atoms with Crippen LogP contribution in [-0.2, 0) is 38.7 Å². The van der Waals surface area contributed by atoms with E-state index in [1.165, 1.54) is 7.11 Å². The van der Waals surface area contributed by atoms with Crippen molar-refractivity contribution in [2.24, 2.45) is 11.8 Å². The fourth-order valence-electron chi connectivity index (χ4n) is 5.20. The molecule has 0 aliphatic carbocycles. The van der Waals surface area contributed by atoms with Gasteiger partial charge in [-0.2, -0.15) is 8.78 Å². The van der Waals surface area contributed by atoms with Crippen molar-refractivity contribution in [3.8, 4) is 5.75 Å². The number of nitrogens with one attached hydrogen (secondary N) is 2. The molecular formula is C37H44F2N3O7-. The Bertz CT molecular complexity index is 1520. The zero-order valence-corrected chi connectivity index (χ0v) is 28.4. The number of nitrogens with zero attached hydrogens (tertiary/aromatic N) is 1. The van der Waals surface area contributed by atoms with E-state index in [1.807, 2.05) is 30.3 Å². The van der Waals surface area contributed by atoms with Crippen molar-refractivity contribution in [3.63, 3.8) is 0 Å². The SMILES string of the molecule is COC[C@H](NC(=O)C(F)(F)C(=O)[C@H](Cc1ccc(OCc2ccccc2)cc1)NC(=O)[C@H](C(C)C)N(Cc1ccccc1)C(=O)[O-])C(C)C. The Morgan fingerprint density at radius 3 is 1.88 bits per heavy atom. The molecule has 264 valence electrons. The third kappa shape index (κ3) is 11.1. The van der Waals surface area contributed by atoms with Crippen LogP contribution in [0.5, 0.6) is 5.75 Å². The van der Waals surface area contributed by atoms with E-state index in [-0.39, 0.29) is 25.7 Å². The predicted molar refractivity (Wildman–Crippen MR) is 177 cm³/mol. The van der Waals surface area contributed by atoms with E-state index in [1.54, 1.807) is 82.3 Å². The minimum atomic E-state index is -4.55. The summed E-state index contributed by atoms with van der Waals surface area (Å²) in [5.41, 5.74) is 1.87. The van der Waals surface area contributed by atoms with E-state index in [4.69, 9.17) is 9.47 Å². The fraction of sp³-hybridized carbons (Fsp3) is 0.405. The van der Waals surface area contributed by atoms with Gasteiger partial charge in [0.15, 0.2) is 0 Å². The number of amides is 3. The van der Waals surface area contributed by atoms with Crippen LogP contribution >= 0.6 is 0 Å². The molecule has 12 heteroatoms. The molecule has 0 saturated carbocycles. The first-order chi connectivity index (χ1) is 23.2. The smallest absolute Gasteiger partial charge is 0.383 e.